The van der Waals surface area contributed by atoms with Crippen LogP contribution in [0.25, 0.3) is 0 Å². The second-order valence-electron chi connectivity index (χ2n) is 3.98. The molecule has 0 aromatic carbocycles. The quantitative estimate of drug-likeness (QED) is 0.689. The SMILES string of the molecule is CCOP(=O)(CN(C)Cc1nc(C)cs1)OCC. The van der Waals surface area contributed by atoms with Crippen molar-refractivity contribution in [2.24, 2.45) is 0 Å². The molecule has 0 bridgehead atoms. The van der Waals surface area contributed by atoms with Crippen LogP contribution in [0.4, 0.5) is 0 Å². The largest absolute Gasteiger partial charge is 0.344 e. The minimum atomic E-state index is -3.00. The molecule has 1 rings (SSSR count). The Hall–Kier alpha value is -0.260. The van der Waals surface area contributed by atoms with E-state index in [1.807, 2.05) is 38.1 Å². The summed E-state index contributed by atoms with van der Waals surface area (Å²) in [5, 5.41) is 3.02. The number of rotatable bonds is 8. The molecular weight excluding hydrogens is 271 g/mol. The van der Waals surface area contributed by atoms with Gasteiger partial charge in [-0.1, -0.05) is 0 Å². The predicted molar refractivity (Wildman–Crippen MR) is 74.0 cm³/mol. The van der Waals surface area contributed by atoms with Gasteiger partial charge in [0.25, 0.3) is 0 Å². The van der Waals surface area contributed by atoms with Crippen LogP contribution < -0.4 is 0 Å². The van der Waals surface area contributed by atoms with Crippen molar-refractivity contribution in [3.8, 4) is 0 Å². The topological polar surface area (TPSA) is 51.7 Å². The van der Waals surface area contributed by atoms with E-state index in [-0.39, 0.29) is 6.29 Å². The van der Waals surface area contributed by atoms with Gasteiger partial charge in [-0.2, -0.15) is 0 Å². The van der Waals surface area contributed by atoms with Crippen molar-refractivity contribution in [2.45, 2.75) is 27.3 Å². The minimum Gasteiger partial charge on any atom is -0.308 e. The fourth-order valence-electron chi connectivity index (χ4n) is 1.56. The van der Waals surface area contributed by atoms with Crippen molar-refractivity contribution >= 4 is 18.9 Å². The molecule has 7 heteroatoms. The maximum absolute atomic E-state index is 12.3. The van der Waals surface area contributed by atoms with Crippen LogP contribution in [0.1, 0.15) is 24.5 Å². The van der Waals surface area contributed by atoms with Crippen molar-refractivity contribution in [1.29, 1.82) is 0 Å². The molecule has 0 aliphatic heterocycles. The third kappa shape index (κ3) is 5.16. The Bertz CT molecular complexity index is 401. The Labute approximate surface area is 113 Å². The summed E-state index contributed by atoms with van der Waals surface area (Å²) in [6.07, 6.45) is 0.285. The second-order valence-corrected chi connectivity index (χ2v) is 6.95. The highest BCUT2D eigenvalue weighted by atomic mass is 32.1. The lowest BCUT2D eigenvalue weighted by Gasteiger charge is -2.22. The van der Waals surface area contributed by atoms with Crippen molar-refractivity contribution in [2.75, 3.05) is 26.5 Å². The lowest BCUT2D eigenvalue weighted by Crippen LogP contribution is -2.21. The van der Waals surface area contributed by atoms with Crippen LogP contribution in [0.2, 0.25) is 0 Å². The first-order valence-corrected chi connectivity index (χ1v) is 8.57. The van der Waals surface area contributed by atoms with Crippen molar-refractivity contribution in [1.82, 2.24) is 9.88 Å². The van der Waals surface area contributed by atoms with Gasteiger partial charge in [0, 0.05) is 11.1 Å². The average Bonchev–Trinajstić information content (AvgIpc) is 2.63. The predicted octanol–water partition coefficient (Wildman–Crippen LogP) is 3.11. The van der Waals surface area contributed by atoms with Gasteiger partial charge in [-0.25, -0.2) is 4.98 Å². The van der Waals surface area contributed by atoms with Crippen LogP contribution in [-0.4, -0.2) is 36.4 Å². The van der Waals surface area contributed by atoms with E-state index in [1.54, 1.807) is 11.3 Å². The molecule has 0 fully saturated rings. The summed E-state index contributed by atoms with van der Waals surface area (Å²) in [6, 6.07) is 0. The highest BCUT2D eigenvalue weighted by Gasteiger charge is 2.25. The van der Waals surface area contributed by atoms with E-state index in [4.69, 9.17) is 9.05 Å². The number of hydrogen-bond donors (Lipinski definition) is 0. The number of thiazole rings is 1. The Balaban J connectivity index is 2.55. The maximum Gasteiger partial charge on any atom is 0.344 e. The summed E-state index contributed by atoms with van der Waals surface area (Å²) in [5.74, 6) is 0. The van der Waals surface area contributed by atoms with E-state index in [0.29, 0.717) is 19.8 Å². The first-order chi connectivity index (χ1) is 8.49. The maximum atomic E-state index is 12.3. The van der Waals surface area contributed by atoms with Gasteiger partial charge in [0.15, 0.2) is 0 Å². The number of aromatic nitrogens is 1. The summed E-state index contributed by atoms with van der Waals surface area (Å²) < 4.78 is 22.8. The van der Waals surface area contributed by atoms with E-state index in [0.717, 1.165) is 10.7 Å². The Morgan fingerprint density at radius 1 is 1.39 bits per heavy atom. The molecular formula is C11H21N2O3PS. The van der Waals surface area contributed by atoms with Crippen LogP contribution >= 0.6 is 18.9 Å². The molecule has 5 nitrogen and oxygen atoms in total. The molecule has 0 amide bonds. The van der Waals surface area contributed by atoms with E-state index >= 15 is 0 Å². The molecule has 0 aliphatic carbocycles. The Morgan fingerprint density at radius 3 is 2.44 bits per heavy atom. The molecule has 1 heterocycles. The lowest BCUT2D eigenvalue weighted by atomic mass is 10.5. The van der Waals surface area contributed by atoms with Gasteiger partial charge in [-0.15, -0.1) is 11.3 Å². The van der Waals surface area contributed by atoms with E-state index < -0.39 is 7.60 Å². The smallest absolute Gasteiger partial charge is 0.308 e. The second kappa shape index (κ2) is 7.36. The molecule has 0 saturated carbocycles. The van der Waals surface area contributed by atoms with Gasteiger partial charge < -0.3 is 9.05 Å². The van der Waals surface area contributed by atoms with Gasteiger partial charge in [0.05, 0.1) is 19.8 Å². The zero-order valence-electron chi connectivity index (χ0n) is 11.4. The fraction of sp³-hybridized carbons (Fsp3) is 0.727. The first kappa shape index (κ1) is 15.8. The molecule has 104 valence electrons. The van der Waals surface area contributed by atoms with Crippen LogP contribution in [0.5, 0.6) is 0 Å². The van der Waals surface area contributed by atoms with Gasteiger partial charge in [-0.3, -0.25) is 9.46 Å². The van der Waals surface area contributed by atoms with Crippen LogP contribution in [-0.2, 0) is 20.2 Å². The number of nitrogens with zero attached hydrogens (tertiary/aromatic N) is 2. The van der Waals surface area contributed by atoms with E-state index in [9.17, 15) is 4.57 Å². The molecule has 18 heavy (non-hydrogen) atoms. The van der Waals surface area contributed by atoms with Gasteiger partial charge in [0.2, 0.25) is 0 Å². The third-order valence-corrected chi connectivity index (χ3v) is 5.22. The Morgan fingerprint density at radius 2 is 2.00 bits per heavy atom. The average molecular weight is 292 g/mol. The summed E-state index contributed by atoms with van der Waals surface area (Å²) in [7, 11) is -1.11. The summed E-state index contributed by atoms with van der Waals surface area (Å²) >= 11 is 1.61. The Kier molecular flexibility index (Phi) is 6.46. The molecule has 1 aromatic heterocycles. The zero-order valence-corrected chi connectivity index (χ0v) is 13.1. The molecule has 0 radical (unpaired) electrons. The third-order valence-electron chi connectivity index (χ3n) is 2.14. The van der Waals surface area contributed by atoms with Crippen LogP contribution in [0.3, 0.4) is 0 Å². The normalized spacial score (nSPS) is 12.3. The number of aryl methyl sites for hydroxylation is 1. The highest BCUT2D eigenvalue weighted by molar-refractivity contribution is 7.53. The van der Waals surface area contributed by atoms with Gasteiger partial charge in [0.1, 0.15) is 11.3 Å². The molecule has 0 N–H and O–H groups in total. The zero-order chi connectivity index (χ0) is 13.6. The molecule has 0 atom stereocenters. The first-order valence-electron chi connectivity index (χ1n) is 5.96. The fourth-order valence-corrected chi connectivity index (χ4v) is 4.13. The van der Waals surface area contributed by atoms with Crippen molar-refractivity contribution in [3.63, 3.8) is 0 Å². The molecule has 0 spiro atoms. The molecule has 1 aromatic rings. The van der Waals surface area contributed by atoms with Crippen LogP contribution in [0, 0.1) is 6.92 Å². The minimum absolute atomic E-state index is 0.285. The summed E-state index contributed by atoms with van der Waals surface area (Å²) in [6.45, 7) is 7.03. The monoisotopic (exact) mass is 292 g/mol. The standard InChI is InChI=1S/C11H21N2O3PS/c1-5-15-17(14,16-6-2)9-13(4)7-11-12-10(3)8-18-11/h8H,5-7,9H2,1-4H3. The highest BCUT2D eigenvalue weighted by Crippen LogP contribution is 2.48. The van der Waals surface area contributed by atoms with Crippen molar-refractivity contribution < 1.29 is 13.6 Å². The van der Waals surface area contributed by atoms with Crippen molar-refractivity contribution in [3.05, 3.63) is 16.1 Å². The van der Waals surface area contributed by atoms with E-state index in [2.05, 4.69) is 4.98 Å². The molecule has 0 unspecified atom stereocenters. The van der Waals surface area contributed by atoms with Crippen LogP contribution in [0.15, 0.2) is 5.38 Å². The van der Waals surface area contributed by atoms with Gasteiger partial charge in [-0.05, 0) is 27.8 Å². The summed E-state index contributed by atoms with van der Waals surface area (Å²) in [4.78, 5) is 6.30. The van der Waals surface area contributed by atoms with Gasteiger partial charge >= 0.3 is 7.60 Å². The van der Waals surface area contributed by atoms with E-state index in [1.165, 1.54) is 0 Å². The molecule has 0 saturated heterocycles. The number of hydrogen-bond acceptors (Lipinski definition) is 6. The summed E-state index contributed by atoms with van der Waals surface area (Å²) in [5.41, 5.74) is 1.01. The lowest BCUT2D eigenvalue weighted by molar-refractivity contribution is 0.202. The molecule has 0 aliphatic rings.